The molecule has 1 amide bonds. The Labute approximate surface area is 157 Å². The molecule has 3 nitrogen and oxygen atoms in total. The molecule has 2 aromatic rings. The number of fused-ring (bicyclic) bond motifs is 3. The highest BCUT2D eigenvalue weighted by atomic mass is 35.5. The van der Waals surface area contributed by atoms with Gasteiger partial charge in [-0.3, -0.25) is 4.79 Å². The van der Waals surface area contributed by atoms with E-state index in [9.17, 15) is 4.79 Å². The Morgan fingerprint density at radius 1 is 1.00 bits per heavy atom. The molecule has 3 heterocycles. The van der Waals surface area contributed by atoms with Crippen LogP contribution in [0.25, 0.3) is 11.1 Å². The minimum Gasteiger partial charge on any atom is -0.348 e. The molecule has 1 N–H and O–H groups in total. The lowest BCUT2D eigenvalue weighted by Crippen LogP contribution is -2.57. The summed E-state index contributed by atoms with van der Waals surface area (Å²) in [6, 6.07) is 13.3. The molecule has 3 aliphatic rings. The Morgan fingerprint density at radius 2 is 1.72 bits per heavy atom. The van der Waals surface area contributed by atoms with E-state index in [0.717, 1.165) is 17.7 Å². The van der Waals surface area contributed by atoms with Crippen LogP contribution in [0, 0.1) is 5.92 Å². The largest absolute Gasteiger partial charge is 0.348 e. The maximum absolute atomic E-state index is 12.7. The van der Waals surface area contributed by atoms with E-state index in [1.807, 2.05) is 36.4 Å². The first-order chi connectivity index (χ1) is 12.1. The van der Waals surface area contributed by atoms with Gasteiger partial charge in [-0.15, -0.1) is 0 Å². The maximum Gasteiger partial charge on any atom is 0.251 e. The van der Waals surface area contributed by atoms with Crippen LogP contribution in [0.15, 0.2) is 42.5 Å². The highest BCUT2D eigenvalue weighted by Gasteiger charge is 2.34. The summed E-state index contributed by atoms with van der Waals surface area (Å²) in [6.07, 6.45) is 2.37. The van der Waals surface area contributed by atoms with Crippen molar-refractivity contribution in [2.75, 3.05) is 19.6 Å². The molecule has 2 bridgehead atoms. The summed E-state index contributed by atoms with van der Waals surface area (Å²) in [5, 5.41) is 4.41. The molecule has 5 rings (SSSR count). The number of carbonyl (C=O) groups is 1. The van der Waals surface area contributed by atoms with Gasteiger partial charge in [0.05, 0.1) is 0 Å². The lowest BCUT2D eigenvalue weighted by molar-refractivity contribution is 0.0620. The number of benzene rings is 2. The number of amides is 1. The molecule has 2 aromatic carbocycles. The molecule has 3 fully saturated rings. The number of nitrogens with zero attached hydrogens (tertiary/aromatic N) is 1. The average Bonchev–Trinajstić information content (AvgIpc) is 2.62. The summed E-state index contributed by atoms with van der Waals surface area (Å²) in [5.74, 6) is 0.609. The van der Waals surface area contributed by atoms with Crippen molar-refractivity contribution < 1.29 is 4.79 Å². The van der Waals surface area contributed by atoms with Gasteiger partial charge in [-0.2, -0.15) is 0 Å². The number of hydrogen-bond donors (Lipinski definition) is 1. The number of rotatable bonds is 3. The molecule has 0 aromatic heterocycles. The molecule has 3 saturated heterocycles. The summed E-state index contributed by atoms with van der Waals surface area (Å²) in [6.45, 7) is 3.31. The van der Waals surface area contributed by atoms with Crippen LogP contribution in [0.3, 0.4) is 0 Å². The summed E-state index contributed by atoms with van der Waals surface area (Å²) >= 11 is 12.2. The quantitative estimate of drug-likeness (QED) is 0.858. The number of halogens is 2. The van der Waals surface area contributed by atoms with Gasteiger partial charge in [0.25, 0.3) is 5.91 Å². The fraction of sp³-hybridized carbons (Fsp3) is 0.350. The number of piperidine rings is 3. The van der Waals surface area contributed by atoms with E-state index in [0.29, 0.717) is 21.5 Å². The highest BCUT2D eigenvalue weighted by molar-refractivity contribution is 6.35. The standard InChI is InChI=1S/C20H20Cl2N2O/c21-17-9-16(10-18(22)11-17)14-2-1-3-15(8-14)20(25)23-19-12-24-6-4-13(19)5-7-24/h1-3,8-11,13,19H,4-7,12H2,(H,23,25). The Morgan fingerprint density at radius 3 is 2.36 bits per heavy atom. The van der Waals surface area contributed by atoms with Crippen LogP contribution < -0.4 is 5.32 Å². The van der Waals surface area contributed by atoms with Crippen molar-refractivity contribution in [1.29, 1.82) is 0 Å². The van der Waals surface area contributed by atoms with Gasteiger partial charge in [-0.05, 0) is 73.3 Å². The lowest BCUT2D eigenvalue weighted by atomic mass is 9.84. The molecule has 130 valence electrons. The summed E-state index contributed by atoms with van der Waals surface area (Å²) in [4.78, 5) is 15.2. The smallest absolute Gasteiger partial charge is 0.251 e. The van der Waals surface area contributed by atoms with Gasteiger partial charge in [-0.1, -0.05) is 35.3 Å². The molecule has 0 radical (unpaired) electrons. The van der Waals surface area contributed by atoms with E-state index in [-0.39, 0.29) is 11.9 Å². The summed E-state index contributed by atoms with van der Waals surface area (Å²) in [5.41, 5.74) is 2.52. The first-order valence-corrected chi connectivity index (χ1v) is 9.44. The van der Waals surface area contributed by atoms with Gasteiger partial charge < -0.3 is 10.2 Å². The van der Waals surface area contributed by atoms with Crippen LogP contribution >= 0.6 is 23.2 Å². The maximum atomic E-state index is 12.7. The molecule has 0 saturated carbocycles. The van der Waals surface area contributed by atoms with Gasteiger partial charge in [0.15, 0.2) is 0 Å². The van der Waals surface area contributed by atoms with E-state index in [1.165, 1.54) is 25.9 Å². The fourth-order valence-electron chi connectivity index (χ4n) is 3.94. The summed E-state index contributed by atoms with van der Waals surface area (Å²) < 4.78 is 0. The van der Waals surface area contributed by atoms with E-state index in [4.69, 9.17) is 23.2 Å². The molecule has 0 aliphatic carbocycles. The van der Waals surface area contributed by atoms with Crippen LogP contribution in [0.1, 0.15) is 23.2 Å². The van der Waals surface area contributed by atoms with Crippen molar-refractivity contribution in [3.8, 4) is 11.1 Å². The van der Waals surface area contributed by atoms with Crippen molar-refractivity contribution in [1.82, 2.24) is 10.2 Å². The SMILES string of the molecule is O=C(NC1CN2CCC1CC2)c1cccc(-c2cc(Cl)cc(Cl)c2)c1. The Balaban J connectivity index is 1.53. The van der Waals surface area contributed by atoms with Crippen LogP contribution in [0.2, 0.25) is 10.0 Å². The predicted octanol–water partition coefficient (Wildman–Crippen LogP) is 4.48. The number of nitrogens with one attached hydrogen (secondary N) is 1. The third-order valence-corrected chi connectivity index (χ3v) is 5.73. The Hall–Kier alpha value is -1.55. The van der Waals surface area contributed by atoms with Gasteiger partial charge in [0.2, 0.25) is 0 Å². The third-order valence-electron chi connectivity index (χ3n) is 5.29. The number of carbonyl (C=O) groups excluding carboxylic acids is 1. The van der Waals surface area contributed by atoms with Crippen molar-refractivity contribution in [3.05, 3.63) is 58.1 Å². The topological polar surface area (TPSA) is 32.3 Å². The third kappa shape index (κ3) is 3.69. The van der Waals surface area contributed by atoms with Crippen molar-refractivity contribution in [3.63, 3.8) is 0 Å². The van der Waals surface area contributed by atoms with Crippen LogP contribution in [-0.4, -0.2) is 36.5 Å². The second-order valence-electron chi connectivity index (χ2n) is 6.96. The first-order valence-electron chi connectivity index (χ1n) is 8.68. The molecule has 25 heavy (non-hydrogen) atoms. The minimum atomic E-state index is -0.00581. The monoisotopic (exact) mass is 374 g/mol. The zero-order valence-electron chi connectivity index (χ0n) is 13.8. The minimum absolute atomic E-state index is 0.00581. The van der Waals surface area contributed by atoms with Gasteiger partial charge in [-0.25, -0.2) is 0 Å². The predicted molar refractivity (Wildman–Crippen MR) is 102 cm³/mol. The summed E-state index contributed by atoms with van der Waals surface area (Å²) in [7, 11) is 0. The second-order valence-corrected chi connectivity index (χ2v) is 7.83. The first kappa shape index (κ1) is 16.9. The van der Waals surface area contributed by atoms with Gasteiger partial charge in [0, 0.05) is 28.2 Å². The van der Waals surface area contributed by atoms with E-state index in [2.05, 4.69) is 10.2 Å². The van der Waals surface area contributed by atoms with E-state index in [1.54, 1.807) is 6.07 Å². The van der Waals surface area contributed by atoms with Crippen LogP contribution in [-0.2, 0) is 0 Å². The molecule has 3 aliphatic heterocycles. The van der Waals surface area contributed by atoms with E-state index >= 15 is 0 Å². The van der Waals surface area contributed by atoms with Gasteiger partial charge in [0.1, 0.15) is 0 Å². The van der Waals surface area contributed by atoms with Crippen LogP contribution in [0.5, 0.6) is 0 Å². The number of hydrogen-bond acceptors (Lipinski definition) is 2. The molecular formula is C20H20Cl2N2O. The van der Waals surface area contributed by atoms with Crippen molar-refractivity contribution in [2.24, 2.45) is 5.92 Å². The molecule has 0 spiro atoms. The highest BCUT2D eigenvalue weighted by Crippen LogP contribution is 2.29. The molecule has 1 atom stereocenters. The Bertz CT molecular complexity index is 780. The van der Waals surface area contributed by atoms with Crippen molar-refractivity contribution >= 4 is 29.1 Å². The lowest BCUT2D eigenvalue weighted by Gasteiger charge is -2.44. The van der Waals surface area contributed by atoms with Crippen LogP contribution in [0.4, 0.5) is 0 Å². The second kappa shape index (κ2) is 6.99. The zero-order valence-corrected chi connectivity index (χ0v) is 15.4. The normalized spacial score (nSPS) is 25.0. The molecule has 1 unspecified atom stereocenters. The Kier molecular flexibility index (Phi) is 4.72. The average molecular weight is 375 g/mol. The van der Waals surface area contributed by atoms with Crippen molar-refractivity contribution in [2.45, 2.75) is 18.9 Å². The van der Waals surface area contributed by atoms with Gasteiger partial charge >= 0.3 is 0 Å². The molecule has 5 heteroatoms. The zero-order chi connectivity index (χ0) is 17.4. The van der Waals surface area contributed by atoms with E-state index < -0.39 is 0 Å². The fourth-order valence-corrected chi connectivity index (χ4v) is 4.47. The molecular weight excluding hydrogens is 355 g/mol.